The second-order valence-electron chi connectivity index (χ2n) is 3.72. The third kappa shape index (κ3) is 1.27. The zero-order valence-electron chi connectivity index (χ0n) is 9.10. The van der Waals surface area contributed by atoms with Crippen LogP contribution in [-0.4, -0.2) is 22.0 Å². The molecule has 0 spiro atoms. The van der Waals surface area contributed by atoms with Crippen molar-refractivity contribution in [1.29, 1.82) is 0 Å². The molecular weight excluding hydrogens is 220 g/mol. The Labute approximate surface area is 95.6 Å². The zero-order chi connectivity index (χ0) is 12.0. The monoisotopic (exact) mass is 230 g/mol. The smallest absolute Gasteiger partial charge is 0.310 e. The molecule has 0 aliphatic heterocycles. The number of nitrogens with one attached hydrogen (secondary N) is 1. The number of fused-ring (bicyclic) bond motifs is 3. The molecule has 0 saturated heterocycles. The van der Waals surface area contributed by atoms with Gasteiger partial charge in [-0.2, -0.15) is 5.10 Å². The molecule has 1 aromatic carbocycles. The standard InChI is InChI=1S/C11H10N4O2/c1-17-6-2-3-7-8-5-13-15(12)11(16)10(8)14-9(7)4-6/h2-5,14H,12H2,1H3. The number of nitrogens with two attached hydrogens (primary N) is 1. The van der Waals surface area contributed by atoms with Crippen LogP contribution in [0.1, 0.15) is 0 Å². The number of nitrogen functional groups attached to an aromatic ring is 1. The minimum absolute atomic E-state index is 0.349. The third-order valence-electron chi connectivity index (χ3n) is 2.78. The lowest BCUT2D eigenvalue weighted by molar-refractivity contribution is 0.415. The van der Waals surface area contributed by atoms with Crippen molar-refractivity contribution in [2.75, 3.05) is 13.0 Å². The fourth-order valence-electron chi connectivity index (χ4n) is 1.91. The number of hydrogen-bond donors (Lipinski definition) is 2. The summed E-state index contributed by atoms with van der Waals surface area (Å²) >= 11 is 0. The fraction of sp³-hybridized carbons (Fsp3) is 0.0909. The normalized spacial score (nSPS) is 11.1. The fourth-order valence-corrected chi connectivity index (χ4v) is 1.91. The van der Waals surface area contributed by atoms with E-state index in [2.05, 4.69) is 10.1 Å². The summed E-state index contributed by atoms with van der Waals surface area (Å²) in [4.78, 5) is 15.6. The molecule has 3 aromatic rings. The minimum atomic E-state index is -0.349. The number of aromatic amines is 1. The third-order valence-corrected chi connectivity index (χ3v) is 2.78. The summed E-state index contributed by atoms with van der Waals surface area (Å²) in [5, 5.41) is 5.48. The number of aromatic nitrogens is 3. The van der Waals surface area contributed by atoms with Crippen molar-refractivity contribution in [3.63, 3.8) is 0 Å². The van der Waals surface area contributed by atoms with Crippen molar-refractivity contribution >= 4 is 21.8 Å². The van der Waals surface area contributed by atoms with E-state index in [0.717, 1.165) is 26.8 Å². The predicted octanol–water partition coefficient (Wildman–Crippen LogP) is 0.600. The minimum Gasteiger partial charge on any atom is -0.497 e. The Balaban J connectivity index is 2.49. The van der Waals surface area contributed by atoms with Crippen LogP contribution in [0.5, 0.6) is 5.75 Å². The molecule has 0 radical (unpaired) electrons. The highest BCUT2D eigenvalue weighted by Crippen LogP contribution is 2.25. The molecule has 0 aliphatic carbocycles. The Morgan fingerprint density at radius 3 is 3.00 bits per heavy atom. The molecular formula is C11H10N4O2. The van der Waals surface area contributed by atoms with Crippen molar-refractivity contribution in [3.8, 4) is 5.75 Å². The number of benzene rings is 1. The van der Waals surface area contributed by atoms with Crippen molar-refractivity contribution < 1.29 is 4.74 Å². The molecule has 0 fully saturated rings. The summed E-state index contributed by atoms with van der Waals surface area (Å²) < 4.78 is 5.13. The van der Waals surface area contributed by atoms with E-state index in [4.69, 9.17) is 10.6 Å². The molecule has 3 N–H and O–H groups in total. The van der Waals surface area contributed by atoms with Gasteiger partial charge in [0.15, 0.2) is 0 Å². The summed E-state index contributed by atoms with van der Waals surface area (Å²) in [5.41, 5.74) is 0.924. The first-order valence-corrected chi connectivity index (χ1v) is 5.03. The molecule has 0 atom stereocenters. The first-order valence-electron chi connectivity index (χ1n) is 5.03. The van der Waals surface area contributed by atoms with Crippen LogP contribution in [0.25, 0.3) is 21.8 Å². The number of nitrogens with zero attached hydrogens (tertiary/aromatic N) is 2. The Bertz CT molecular complexity index is 772. The van der Waals surface area contributed by atoms with Crippen molar-refractivity contribution in [1.82, 2.24) is 14.9 Å². The Hall–Kier alpha value is -2.50. The maximum atomic E-state index is 11.8. The van der Waals surface area contributed by atoms with Gasteiger partial charge in [0, 0.05) is 16.8 Å². The highest BCUT2D eigenvalue weighted by atomic mass is 16.5. The lowest BCUT2D eigenvalue weighted by Crippen LogP contribution is -2.29. The lowest BCUT2D eigenvalue weighted by atomic mass is 10.2. The largest absolute Gasteiger partial charge is 0.497 e. The molecule has 0 unspecified atom stereocenters. The number of methoxy groups -OCH3 is 1. The van der Waals surface area contributed by atoms with Crippen LogP contribution in [0.4, 0.5) is 0 Å². The van der Waals surface area contributed by atoms with E-state index in [0.29, 0.717) is 5.52 Å². The molecule has 0 saturated carbocycles. The molecule has 0 aliphatic rings. The van der Waals surface area contributed by atoms with Crippen molar-refractivity contribution in [2.24, 2.45) is 0 Å². The zero-order valence-corrected chi connectivity index (χ0v) is 9.10. The van der Waals surface area contributed by atoms with Crippen LogP contribution in [-0.2, 0) is 0 Å². The summed E-state index contributed by atoms with van der Waals surface area (Å²) in [5.74, 6) is 6.14. The predicted molar refractivity (Wildman–Crippen MR) is 64.6 cm³/mol. The maximum absolute atomic E-state index is 11.8. The van der Waals surface area contributed by atoms with Gasteiger partial charge in [-0.15, -0.1) is 4.79 Å². The van der Waals surface area contributed by atoms with Gasteiger partial charge in [-0.05, 0) is 12.1 Å². The van der Waals surface area contributed by atoms with Crippen LogP contribution in [0.15, 0.2) is 29.2 Å². The molecule has 2 heterocycles. The molecule has 0 amide bonds. The average molecular weight is 230 g/mol. The summed E-state index contributed by atoms with van der Waals surface area (Å²) in [6.45, 7) is 0. The van der Waals surface area contributed by atoms with E-state index in [9.17, 15) is 4.79 Å². The number of H-pyrrole nitrogens is 1. The molecule has 86 valence electrons. The van der Waals surface area contributed by atoms with Gasteiger partial charge in [-0.25, -0.2) is 0 Å². The van der Waals surface area contributed by atoms with E-state index in [1.165, 1.54) is 0 Å². The Morgan fingerprint density at radius 2 is 2.24 bits per heavy atom. The second kappa shape index (κ2) is 3.24. The van der Waals surface area contributed by atoms with E-state index in [1.807, 2.05) is 18.2 Å². The van der Waals surface area contributed by atoms with Crippen LogP contribution >= 0.6 is 0 Å². The van der Waals surface area contributed by atoms with Gasteiger partial charge in [0.25, 0.3) is 0 Å². The Kier molecular flexibility index (Phi) is 1.85. The molecule has 3 rings (SSSR count). The number of ether oxygens (including phenoxy) is 1. The van der Waals surface area contributed by atoms with E-state index >= 15 is 0 Å². The van der Waals surface area contributed by atoms with E-state index in [-0.39, 0.29) is 5.56 Å². The average Bonchev–Trinajstić information content (AvgIpc) is 2.72. The molecule has 6 heteroatoms. The first-order chi connectivity index (χ1) is 8.20. The molecule has 0 bridgehead atoms. The van der Waals surface area contributed by atoms with Crippen LogP contribution < -0.4 is 16.1 Å². The van der Waals surface area contributed by atoms with E-state index < -0.39 is 0 Å². The quantitative estimate of drug-likeness (QED) is 0.599. The maximum Gasteiger partial charge on any atom is 0.310 e. The number of hydrogen-bond acceptors (Lipinski definition) is 4. The summed E-state index contributed by atoms with van der Waals surface area (Å²) in [6, 6.07) is 5.55. The topological polar surface area (TPSA) is 85.9 Å². The van der Waals surface area contributed by atoms with E-state index in [1.54, 1.807) is 13.3 Å². The molecule has 17 heavy (non-hydrogen) atoms. The summed E-state index contributed by atoms with van der Waals surface area (Å²) in [6.07, 6.45) is 1.57. The van der Waals surface area contributed by atoms with Crippen LogP contribution in [0.3, 0.4) is 0 Å². The Morgan fingerprint density at radius 1 is 1.41 bits per heavy atom. The summed E-state index contributed by atoms with van der Waals surface area (Å²) in [7, 11) is 1.60. The van der Waals surface area contributed by atoms with Gasteiger partial charge < -0.3 is 15.6 Å². The number of rotatable bonds is 1. The van der Waals surface area contributed by atoms with Gasteiger partial charge in [0.1, 0.15) is 11.3 Å². The van der Waals surface area contributed by atoms with Crippen molar-refractivity contribution in [2.45, 2.75) is 0 Å². The highest BCUT2D eigenvalue weighted by Gasteiger charge is 2.09. The molecule has 6 nitrogen and oxygen atoms in total. The van der Waals surface area contributed by atoms with Crippen LogP contribution in [0, 0.1) is 0 Å². The van der Waals surface area contributed by atoms with Gasteiger partial charge in [0.05, 0.1) is 18.8 Å². The second-order valence-corrected chi connectivity index (χ2v) is 3.72. The van der Waals surface area contributed by atoms with Gasteiger partial charge in [-0.1, -0.05) is 0 Å². The van der Waals surface area contributed by atoms with Crippen molar-refractivity contribution in [3.05, 3.63) is 34.7 Å². The SMILES string of the molecule is COc1ccc2c(c1)[nH]c1c(=O)n(N)ncc12. The molecule has 2 aromatic heterocycles. The first kappa shape index (κ1) is 9.71. The van der Waals surface area contributed by atoms with Gasteiger partial charge in [-0.3, -0.25) is 4.79 Å². The highest BCUT2D eigenvalue weighted by molar-refractivity contribution is 6.06. The van der Waals surface area contributed by atoms with Crippen LogP contribution in [0.2, 0.25) is 0 Å². The van der Waals surface area contributed by atoms with Gasteiger partial charge in [0.2, 0.25) is 0 Å². The van der Waals surface area contributed by atoms with Gasteiger partial charge >= 0.3 is 5.56 Å². The lowest BCUT2D eigenvalue weighted by Gasteiger charge is -1.98.